The van der Waals surface area contributed by atoms with Gasteiger partial charge < -0.3 is 14.2 Å². The van der Waals surface area contributed by atoms with Gasteiger partial charge in [0.25, 0.3) is 0 Å². The van der Waals surface area contributed by atoms with E-state index in [1.54, 1.807) is 0 Å². The molecular formula is C51H78O6. The van der Waals surface area contributed by atoms with Crippen LogP contribution in [0.2, 0.25) is 0 Å². The number of allylic oxidation sites excluding steroid dienone is 20. The molecule has 6 heteroatoms. The van der Waals surface area contributed by atoms with Gasteiger partial charge in [0.05, 0.1) is 0 Å². The summed E-state index contributed by atoms with van der Waals surface area (Å²) >= 11 is 0. The van der Waals surface area contributed by atoms with E-state index < -0.39 is 6.10 Å². The van der Waals surface area contributed by atoms with E-state index in [-0.39, 0.29) is 37.5 Å². The van der Waals surface area contributed by atoms with Crippen LogP contribution in [0.15, 0.2) is 122 Å². The zero-order chi connectivity index (χ0) is 41.5. The van der Waals surface area contributed by atoms with Gasteiger partial charge in [0.1, 0.15) is 13.2 Å². The number of carbonyl (C=O) groups is 3. The molecule has 0 aliphatic heterocycles. The first kappa shape index (κ1) is 52.8. The molecule has 0 fully saturated rings. The van der Waals surface area contributed by atoms with E-state index in [9.17, 15) is 14.4 Å². The van der Waals surface area contributed by atoms with Crippen molar-refractivity contribution >= 4 is 17.9 Å². The summed E-state index contributed by atoms with van der Waals surface area (Å²) in [7, 11) is 0. The number of unbranched alkanes of at least 4 members (excludes halogenated alkanes) is 13. The van der Waals surface area contributed by atoms with Crippen LogP contribution in [0, 0.1) is 0 Å². The fourth-order valence-electron chi connectivity index (χ4n) is 5.33. The molecular weight excluding hydrogens is 709 g/mol. The molecule has 0 aromatic heterocycles. The summed E-state index contributed by atoms with van der Waals surface area (Å²) in [6, 6.07) is 0. The van der Waals surface area contributed by atoms with Crippen LogP contribution in [0.5, 0.6) is 0 Å². The van der Waals surface area contributed by atoms with Gasteiger partial charge in [-0.1, -0.05) is 187 Å². The smallest absolute Gasteiger partial charge is 0.306 e. The number of hydrogen-bond acceptors (Lipinski definition) is 6. The van der Waals surface area contributed by atoms with Crippen LogP contribution < -0.4 is 0 Å². The van der Waals surface area contributed by atoms with Crippen molar-refractivity contribution in [1.29, 1.82) is 0 Å². The van der Waals surface area contributed by atoms with Gasteiger partial charge in [0.2, 0.25) is 0 Å². The molecule has 318 valence electrons. The van der Waals surface area contributed by atoms with Gasteiger partial charge in [0, 0.05) is 19.3 Å². The van der Waals surface area contributed by atoms with Crippen LogP contribution in [-0.2, 0) is 28.6 Å². The third-order valence-electron chi connectivity index (χ3n) is 8.65. The second kappa shape index (κ2) is 44.5. The highest BCUT2D eigenvalue weighted by Crippen LogP contribution is 2.11. The Bertz CT molecular complexity index is 1270. The van der Waals surface area contributed by atoms with Gasteiger partial charge in [-0.3, -0.25) is 14.4 Å². The van der Waals surface area contributed by atoms with E-state index in [2.05, 4.69) is 57.2 Å². The van der Waals surface area contributed by atoms with Gasteiger partial charge in [0.15, 0.2) is 6.10 Å². The lowest BCUT2D eigenvalue weighted by atomic mass is 10.1. The van der Waals surface area contributed by atoms with Crippen LogP contribution in [0.4, 0.5) is 0 Å². The molecule has 1 unspecified atom stereocenters. The van der Waals surface area contributed by atoms with Crippen LogP contribution >= 0.6 is 0 Å². The molecule has 0 radical (unpaired) electrons. The molecule has 0 saturated heterocycles. The molecule has 0 aliphatic carbocycles. The summed E-state index contributed by atoms with van der Waals surface area (Å²) in [5, 5.41) is 0. The van der Waals surface area contributed by atoms with Crippen LogP contribution in [0.25, 0.3) is 0 Å². The highest BCUT2D eigenvalue weighted by atomic mass is 16.6. The minimum absolute atomic E-state index is 0.117. The van der Waals surface area contributed by atoms with Crippen molar-refractivity contribution < 1.29 is 28.6 Å². The molecule has 0 heterocycles. The first-order chi connectivity index (χ1) is 28.0. The minimum atomic E-state index is -0.820. The summed E-state index contributed by atoms with van der Waals surface area (Å²) < 4.78 is 16.6. The first-order valence-corrected chi connectivity index (χ1v) is 22.2. The Balaban J connectivity index is 4.58. The average molecular weight is 787 g/mol. The summed E-state index contributed by atoms with van der Waals surface area (Å²) in [6.45, 7) is 6.19. The second-order valence-electron chi connectivity index (χ2n) is 14.1. The lowest BCUT2D eigenvalue weighted by Crippen LogP contribution is -2.30. The molecule has 57 heavy (non-hydrogen) atoms. The Morgan fingerprint density at radius 2 is 0.702 bits per heavy atom. The maximum Gasteiger partial charge on any atom is 0.306 e. The Morgan fingerprint density at radius 1 is 0.368 bits per heavy atom. The Labute approximate surface area is 348 Å². The summed E-state index contributed by atoms with van der Waals surface area (Å²) in [5.74, 6) is -1.03. The maximum absolute atomic E-state index is 12.7. The van der Waals surface area contributed by atoms with Gasteiger partial charge in [-0.25, -0.2) is 0 Å². The van der Waals surface area contributed by atoms with Crippen molar-refractivity contribution in [3.8, 4) is 0 Å². The van der Waals surface area contributed by atoms with E-state index in [1.807, 2.05) is 85.1 Å². The van der Waals surface area contributed by atoms with Crippen molar-refractivity contribution in [3.05, 3.63) is 122 Å². The third kappa shape index (κ3) is 42.8. The standard InChI is InChI=1S/C51H78O6/c1-4-7-10-13-16-19-22-24-25-27-29-32-35-38-41-44-50(53)56-47-48(46-55-49(52)43-40-37-34-31-28-21-18-15-12-9-6-3)57-51(54)45-42-39-36-33-30-26-23-20-17-14-11-8-5-2/h7-8,10-11,13-20,22-27,29-30,48H,4-6,9,12,21,28,31-47H2,1-3H3/b10-7-,11-8-,16-13-,17-14-,18-15-,22-19-,23-20-,25-24-,29-27-,30-26-. The highest BCUT2D eigenvalue weighted by molar-refractivity contribution is 5.71. The fraction of sp³-hybridized carbons (Fsp3) is 0.549. The van der Waals surface area contributed by atoms with Crippen LogP contribution in [-0.4, -0.2) is 37.2 Å². The van der Waals surface area contributed by atoms with E-state index in [4.69, 9.17) is 14.2 Å². The lowest BCUT2D eigenvalue weighted by Gasteiger charge is -2.18. The molecule has 0 N–H and O–H groups in total. The molecule has 0 aliphatic rings. The van der Waals surface area contributed by atoms with Crippen molar-refractivity contribution in [2.24, 2.45) is 0 Å². The Hall–Kier alpha value is -4.19. The van der Waals surface area contributed by atoms with Gasteiger partial charge in [-0.2, -0.15) is 0 Å². The average Bonchev–Trinajstić information content (AvgIpc) is 3.21. The summed E-state index contributed by atoms with van der Waals surface area (Å²) in [6.07, 6.45) is 60.3. The van der Waals surface area contributed by atoms with E-state index in [0.29, 0.717) is 19.3 Å². The minimum Gasteiger partial charge on any atom is -0.462 e. The van der Waals surface area contributed by atoms with Crippen LogP contribution in [0.3, 0.4) is 0 Å². The normalized spacial score (nSPS) is 13.2. The summed E-state index contributed by atoms with van der Waals surface area (Å²) in [4.78, 5) is 37.7. The predicted molar refractivity (Wildman–Crippen MR) is 242 cm³/mol. The highest BCUT2D eigenvalue weighted by Gasteiger charge is 2.19. The molecule has 1 atom stereocenters. The predicted octanol–water partition coefficient (Wildman–Crippen LogP) is 14.2. The summed E-state index contributed by atoms with van der Waals surface area (Å²) in [5.41, 5.74) is 0. The van der Waals surface area contributed by atoms with Crippen molar-refractivity contribution in [3.63, 3.8) is 0 Å². The first-order valence-electron chi connectivity index (χ1n) is 22.2. The van der Waals surface area contributed by atoms with E-state index in [1.165, 1.54) is 25.7 Å². The molecule has 6 nitrogen and oxygen atoms in total. The molecule has 0 aromatic carbocycles. The number of hydrogen-bond donors (Lipinski definition) is 0. The van der Waals surface area contributed by atoms with Crippen molar-refractivity contribution in [1.82, 2.24) is 0 Å². The number of rotatable bonds is 37. The zero-order valence-corrected chi connectivity index (χ0v) is 36.0. The second-order valence-corrected chi connectivity index (χ2v) is 14.1. The van der Waals surface area contributed by atoms with Crippen LogP contribution in [0.1, 0.15) is 162 Å². The van der Waals surface area contributed by atoms with E-state index in [0.717, 1.165) is 89.9 Å². The van der Waals surface area contributed by atoms with E-state index >= 15 is 0 Å². The SMILES string of the molecule is CC\C=C/C=C\C=C/C=C\C=C/CCCCCC(=O)OCC(COC(=O)CCCCCCC/C=C\CCCC)OC(=O)CCCCC\C=C/C=C\C=C/C=C\CC. The monoisotopic (exact) mass is 787 g/mol. The quantitative estimate of drug-likeness (QED) is 0.0205. The largest absolute Gasteiger partial charge is 0.462 e. The molecule has 0 amide bonds. The number of esters is 3. The van der Waals surface area contributed by atoms with Crippen molar-refractivity contribution in [2.75, 3.05) is 13.2 Å². The van der Waals surface area contributed by atoms with Crippen molar-refractivity contribution in [2.45, 2.75) is 168 Å². The molecule has 0 saturated carbocycles. The number of carbonyl (C=O) groups excluding carboxylic acids is 3. The zero-order valence-electron chi connectivity index (χ0n) is 36.0. The third-order valence-corrected chi connectivity index (χ3v) is 8.65. The van der Waals surface area contributed by atoms with Gasteiger partial charge in [-0.05, 0) is 77.0 Å². The molecule has 0 rings (SSSR count). The maximum atomic E-state index is 12.7. The lowest BCUT2D eigenvalue weighted by molar-refractivity contribution is -0.167. The molecule has 0 bridgehead atoms. The Morgan fingerprint density at radius 3 is 1.14 bits per heavy atom. The Kier molecular flexibility index (Phi) is 41.3. The molecule has 0 aromatic rings. The topological polar surface area (TPSA) is 78.9 Å². The molecule has 0 spiro atoms. The van der Waals surface area contributed by atoms with Gasteiger partial charge in [-0.15, -0.1) is 0 Å². The van der Waals surface area contributed by atoms with Gasteiger partial charge >= 0.3 is 17.9 Å². The fourth-order valence-corrected chi connectivity index (χ4v) is 5.33. The number of ether oxygens (including phenoxy) is 3.